The van der Waals surface area contributed by atoms with E-state index in [0.717, 1.165) is 22.8 Å². The van der Waals surface area contributed by atoms with Crippen molar-refractivity contribution < 1.29 is 13.6 Å². The Morgan fingerprint density at radius 3 is 2.47 bits per heavy atom. The lowest BCUT2D eigenvalue weighted by Gasteiger charge is -2.29. The van der Waals surface area contributed by atoms with Crippen LogP contribution in [0.5, 0.6) is 0 Å². The molecule has 1 aliphatic heterocycles. The topological polar surface area (TPSA) is 71.7 Å². The molecule has 0 radical (unpaired) electrons. The Morgan fingerprint density at radius 1 is 1.06 bits per heavy atom. The number of amides is 1. The molecule has 1 unspecified atom stereocenters. The molecule has 4 rings (SSSR count). The number of hydrogen-bond acceptors (Lipinski definition) is 5. The summed E-state index contributed by atoms with van der Waals surface area (Å²) in [6.07, 6.45) is -0.128. The molecule has 1 amide bonds. The van der Waals surface area contributed by atoms with Crippen LogP contribution in [0.2, 0.25) is 0 Å². The molecule has 8 heteroatoms. The third kappa shape index (κ3) is 5.52. The lowest BCUT2D eigenvalue weighted by atomic mass is 10.0. The molecule has 1 atom stereocenters. The van der Waals surface area contributed by atoms with Crippen LogP contribution in [0.1, 0.15) is 45.1 Å². The first-order valence-corrected chi connectivity index (χ1v) is 11.6. The smallest absolute Gasteiger partial charge is 0.254 e. The number of nitriles is 1. The number of amidine groups is 1. The molecule has 1 N–H and O–H groups in total. The first-order chi connectivity index (χ1) is 17.2. The predicted molar refractivity (Wildman–Crippen MR) is 134 cm³/mol. The van der Waals surface area contributed by atoms with Crippen LogP contribution in [0.15, 0.2) is 65.8 Å². The van der Waals surface area contributed by atoms with Gasteiger partial charge in [0.25, 0.3) is 5.91 Å². The first kappa shape index (κ1) is 24.9. The van der Waals surface area contributed by atoms with E-state index in [1.165, 1.54) is 17.0 Å². The SMILES string of the molecule is Cc1ccc(C(=O)N(CC2=NNC(C)N2Cc2ccc(C#N)cc2)Cc2ccc(F)cc2F)cc1C. The van der Waals surface area contributed by atoms with Crippen molar-refractivity contribution in [2.24, 2.45) is 5.10 Å². The van der Waals surface area contributed by atoms with Crippen molar-refractivity contribution >= 4 is 11.7 Å². The van der Waals surface area contributed by atoms with E-state index in [1.54, 1.807) is 18.2 Å². The largest absolute Gasteiger partial charge is 0.331 e. The quantitative estimate of drug-likeness (QED) is 0.517. The van der Waals surface area contributed by atoms with E-state index < -0.39 is 11.6 Å². The van der Waals surface area contributed by atoms with E-state index in [2.05, 4.69) is 16.6 Å². The molecule has 0 saturated heterocycles. The molecule has 0 spiro atoms. The average molecular weight is 488 g/mol. The Bertz CT molecular complexity index is 1350. The molecule has 1 aliphatic rings. The lowest BCUT2D eigenvalue weighted by Crippen LogP contribution is -2.44. The maximum Gasteiger partial charge on any atom is 0.254 e. The van der Waals surface area contributed by atoms with Crippen molar-refractivity contribution in [3.63, 3.8) is 0 Å². The molecule has 1 heterocycles. The summed E-state index contributed by atoms with van der Waals surface area (Å²) in [5, 5.41) is 13.5. The van der Waals surface area contributed by atoms with Crippen LogP contribution < -0.4 is 5.43 Å². The van der Waals surface area contributed by atoms with Gasteiger partial charge in [-0.15, -0.1) is 0 Å². The van der Waals surface area contributed by atoms with Gasteiger partial charge >= 0.3 is 0 Å². The number of nitrogens with zero attached hydrogens (tertiary/aromatic N) is 4. The number of halogens is 2. The molecule has 0 saturated carbocycles. The second-order valence-electron chi connectivity index (χ2n) is 8.97. The van der Waals surface area contributed by atoms with Crippen molar-refractivity contribution in [2.75, 3.05) is 6.54 Å². The summed E-state index contributed by atoms with van der Waals surface area (Å²) in [4.78, 5) is 17.1. The van der Waals surface area contributed by atoms with Gasteiger partial charge in [0.15, 0.2) is 0 Å². The Hall–Kier alpha value is -4.25. The first-order valence-electron chi connectivity index (χ1n) is 11.6. The number of carbonyl (C=O) groups is 1. The second kappa shape index (κ2) is 10.6. The number of aryl methyl sites for hydroxylation is 2. The Balaban J connectivity index is 1.61. The van der Waals surface area contributed by atoms with E-state index >= 15 is 0 Å². The van der Waals surface area contributed by atoms with Crippen molar-refractivity contribution in [1.82, 2.24) is 15.2 Å². The van der Waals surface area contributed by atoms with Gasteiger partial charge < -0.3 is 9.80 Å². The van der Waals surface area contributed by atoms with Gasteiger partial charge in [-0.25, -0.2) is 8.78 Å². The van der Waals surface area contributed by atoms with E-state index in [1.807, 2.05) is 49.9 Å². The number of hydrogen-bond donors (Lipinski definition) is 1. The third-order valence-corrected chi connectivity index (χ3v) is 6.37. The van der Waals surface area contributed by atoms with Gasteiger partial charge in [0, 0.05) is 30.3 Å². The lowest BCUT2D eigenvalue weighted by molar-refractivity contribution is 0.0762. The molecule has 184 valence electrons. The summed E-state index contributed by atoms with van der Waals surface area (Å²) in [7, 11) is 0. The Labute approximate surface area is 209 Å². The van der Waals surface area contributed by atoms with Crippen molar-refractivity contribution in [3.8, 4) is 6.07 Å². The van der Waals surface area contributed by atoms with Gasteiger partial charge in [-0.3, -0.25) is 10.2 Å². The summed E-state index contributed by atoms with van der Waals surface area (Å²) in [5.41, 5.74) is 7.34. The number of benzene rings is 3. The number of nitrogens with one attached hydrogen (secondary N) is 1. The molecular formula is C28H27F2N5O. The fraction of sp³-hybridized carbons (Fsp3) is 0.250. The van der Waals surface area contributed by atoms with Crippen LogP contribution in [0.3, 0.4) is 0 Å². The van der Waals surface area contributed by atoms with E-state index in [4.69, 9.17) is 5.26 Å². The van der Waals surface area contributed by atoms with Gasteiger partial charge in [0.1, 0.15) is 23.6 Å². The van der Waals surface area contributed by atoms with Gasteiger partial charge in [0.05, 0.1) is 18.2 Å². The second-order valence-corrected chi connectivity index (χ2v) is 8.97. The molecule has 6 nitrogen and oxygen atoms in total. The summed E-state index contributed by atoms with van der Waals surface area (Å²) in [6, 6.07) is 18.2. The minimum Gasteiger partial charge on any atom is -0.331 e. The van der Waals surface area contributed by atoms with Gasteiger partial charge in [-0.2, -0.15) is 10.4 Å². The van der Waals surface area contributed by atoms with Crippen LogP contribution in [-0.2, 0) is 13.1 Å². The van der Waals surface area contributed by atoms with Crippen LogP contribution in [-0.4, -0.2) is 34.3 Å². The van der Waals surface area contributed by atoms with Crippen LogP contribution >= 0.6 is 0 Å². The molecule has 0 aromatic heterocycles. The summed E-state index contributed by atoms with van der Waals surface area (Å²) in [6.45, 7) is 6.44. The molecule has 36 heavy (non-hydrogen) atoms. The van der Waals surface area contributed by atoms with Crippen LogP contribution in [0.4, 0.5) is 8.78 Å². The van der Waals surface area contributed by atoms with E-state index in [9.17, 15) is 13.6 Å². The Kier molecular flexibility index (Phi) is 7.30. The highest BCUT2D eigenvalue weighted by Crippen LogP contribution is 2.19. The zero-order valence-electron chi connectivity index (χ0n) is 20.4. The highest BCUT2D eigenvalue weighted by molar-refractivity contribution is 5.97. The maximum atomic E-state index is 14.5. The van der Waals surface area contributed by atoms with Crippen LogP contribution in [0.25, 0.3) is 0 Å². The van der Waals surface area contributed by atoms with Gasteiger partial charge in [-0.05, 0) is 67.8 Å². The fourth-order valence-electron chi connectivity index (χ4n) is 4.04. The maximum absolute atomic E-state index is 14.5. The van der Waals surface area contributed by atoms with Crippen LogP contribution in [0, 0.1) is 36.8 Å². The highest BCUT2D eigenvalue weighted by Gasteiger charge is 2.28. The average Bonchev–Trinajstić information content (AvgIpc) is 3.20. The number of carbonyl (C=O) groups excluding carboxylic acids is 1. The zero-order chi connectivity index (χ0) is 25.8. The fourth-order valence-corrected chi connectivity index (χ4v) is 4.04. The molecular weight excluding hydrogens is 460 g/mol. The minimum atomic E-state index is -0.706. The van der Waals surface area contributed by atoms with Gasteiger partial charge in [0.2, 0.25) is 0 Å². The standard InChI is InChI=1S/C28H27F2N5O/c1-18-4-9-23(12-19(18)2)28(36)34(16-24-10-11-25(29)13-26(24)30)17-27-33-32-20(3)35(27)15-22-7-5-21(14-31)6-8-22/h4-13,20,32H,15-17H2,1-3H3. The molecule has 3 aromatic carbocycles. The zero-order valence-corrected chi connectivity index (χ0v) is 20.4. The normalized spacial score (nSPS) is 14.7. The highest BCUT2D eigenvalue weighted by atomic mass is 19.1. The van der Waals surface area contributed by atoms with Crippen molar-refractivity contribution in [3.05, 3.63) is 106 Å². The van der Waals surface area contributed by atoms with Crippen molar-refractivity contribution in [1.29, 1.82) is 5.26 Å². The third-order valence-electron chi connectivity index (χ3n) is 6.37. The molecule has 0 fully saturated rings. The molecule has 0 bridgehead atoms. The summed E-state index contributed by atoms with van der Waals surface area (Å²) >= 11 is 0. The van der Waals surface area contributed by atoms with Gasteiger partial charge in [-0.1, -0.05) is 24.3 Å². The van der Waals surface area contributed by atoms with Crippen molar-refractivity contribution in [2.45, 2.75) is 40.0 Å². The number of rotatable bonds is 7. The Morgan fingerprint density at radius 2 is 1.81 bits per heavy atom. The predicted octanol–water partition coefficient (Wildman–Crippen LogP) is 4.86. The monoisotopic (exact) mass is 487 g/mol. The minimum absolute atomic E-state index is 0.0457. The molecule has 3 aromatic rings. The summed E-state index contributed by atoms with van der Waals surface area (Å²) in [5.74, 6) is -1.04. The van der Waals surface area contributed by atoms with E-state index in [-0.39, 0.29) is 30.7 Å². The molecule has 0 aliphatic carbocycles. The summed E-state index contributed by atoms with van der Waals surface area (Å²) < 4.78 is 28.0. The number of hydrazone groups is 1. The van der Waals surface area contributed by atoms with E-state index in [0.29, 0.717) is 23.5 Å².